The van der Waals surface area contributed by atoms with E-state index < -0.39 is 0 Å². The van der Waals surface area contributed by atoms with Crippen molar-refractivity contribution in [3.8, 4) is 0 Å². The first kappa shape index (κ1) is 12.8. The molecule has 0 aliphatic rings. The van der Waals surface area contributed by atoms with E-state index in [0.717, 1.165) is 23.3 Å². The number of rotatable bonds is 2. The van der Waals surface area contributed by atoms with E-state index in [1.165, 1.54) is 3.57 Å². The van der Waals surface area contributed by atoms with Gasteiger partial charge in [0.15, 0.2) is 0 Å². The molecule has 3 nitrogen and oxygen atoms in total. The molecule has 0 bridgehead atoms. The van der Waals surface area contributed by atoms with Gasteiger partial charge in [-0.25, -0.2) is 9.97 Å². The van der Waals surface area contributed by atoms with Crippen LogP contribution in [0.3, 0.4) is 0 Å². The number of aromatic nitrogens is 3. The predicted octanol–water partition coefficient (Wildman–Crippen LogP) is 3.79. The Morgan fingerprint density at radius 1 is 1.41 bits per heavy atom. The fraction of sp³-hybridized carbons (Fsp3) is 0.538. The van der Waals surface area contributed by atoms with Gasteiger partial charge >= 0.3 is 0 Å². The van der Waals surface area contributed by atoms with Crippen LogP contribution in [0, 0.1) is 14.9 Å². The Morgan fingerprint density at radius 2 is 2.12 bits per heavy atom. The zero-order valence-electron chi connectivity index (χ0n) is 10.7. The topological polar surface area (TPSA) is 41.6 Å². The molecular weight excluding hydrogens is 325 g/mol. The van der Waals surface area contributed by atoms with Crippen LogP contribution in [-0.2, 0) is 6.42 Å². The minimum absolute atomic E-state index is 0.294. The van der Waals surface area contributed by atoms with Crippen molar-refractivity contribution in [1.82, 2.24) is 15.0 Å². The van der Waals surface area contributed by atoms with Gasteiger partial charge in [-0.05, 0) is 33.9 Å². The number of aromatic amines is 1. The molecule has 0 saturated heterocycles. The Balaban J connectivity index is 2.25. The molecule has 4 heteroatoms. The zero-order valence-corrected chi connectivity index (χ0v) is 12.9. The van der Waals surface area contributed by atoms with Crippen molar-refractivity contribution in [2.75, 3.05) is 0 Å². The standard InChI is InChI=1S/C13H18IN3/c1-8(13(2,3)4)5-11-15-6-9-10(14)7-16-12(9)17-11/h6-8H,5H2,1-4H3,(H,15,16,17). The lowest BCUT2D eigenvalue weighted by Crippen LogP contribution is -2.20. The van der Waals surface area contributed by atoms with Crippen LogP contribution in [0.2, 0.25) is 0 Å². The average Bonchev–Trinajstić information content (AvgIpc) is 2.59. The molecule has 0 amide bonds. The number of fused-ring (bicyclic) bond motifs is 1. The maximum atomic E-state index is 4.58. The second-order valence-electron chi connectivity index (χ2n) is 5.66. The van der Waals surface area contributed by atoms with Gasteiger partial charge < -0.3 is 4.98 Å². The van der Waals surface area contributed by atoms with Gasteiger partial charge in [-0.15, -0.1) is 0 Å². The van der Waals surface area contributed by atoms with Crippen molar-refractivity contribution in [2.45, 2.75) is 34.1 Å². The summed E-state index contributed by atoms with van der Waals surface area (Å²) in [7, 11) is 0. The Morgan fingerprint density at radius 3 is 2.76 bits per heavy atom. The summed E-state index contributed by atoms with van der Waals surface area (Å²) in [6, 6.07) is 0. The normalized spacial score (nSPS) is 14.2. The van der Waals surface area contributed by atoms with Gasteiger partial charge in [0.05, 0.1) is 5.39 Å². The third-order valence-corrected chi connectivity index (χ3v) is 4.29. The molecular formula is C13H18IN3. The molecule has 2 rings (SSSR count). The lowest BCUT2D eigenvalue weighted by molar-refractivity contribution is 0.257. The van der Waals surface area contributed by atoms with E-state index in [-0.39, 0.29) is 0 Å². The third kappa shape index (κ3) is 2.78. The fourth-order valence-corrected chi connectivity index (χ4v) is 2.14. The summed E-state index contributed by atoms with van der Waals surface area (Å²) < 4.78 is 1.17. The summed E-state index contributed by atoms with van der Waals surface area (Å²) in [6.45, 7) is 9.03. The van der Waals surface area contributed by atoms with Crippen LogP contribution in [0.5, 0.6) is 0 Å². The highest BCUT2D eigenvalue weighted by molar-refractivity contribution is 14.1. The molecule has 1 atom stereocenters. The van der Waals surface area contributed by atoms with Gasteiger partial charge in [0.25, 0.3) is 0 Å². The summed E-state index contributed by atoms with van der Waals surface area (Å²) in [5, 5.41) is 1.11. The van der Waals surface area contributed by atoms with Crippen LogP contribution >= 0.6 is 22.6 Å². The van der Waals surface area contributed by atoms with E-state index in [0.29, 0.717) is 11.3 Å². The highest BCUT2D eigenvalue weighted by atomic mass is 127. The fourth-order valence-electron chi connectivity index (χ4n) is 1.59. The molecule has 0 aromatic carbocycles. The van der Waals surface area contributed by atoms with Crippen molar-refractivity contribution in [2.24, 2.45) is 11.3 Å². The molecule has 92 valence electrons. The van der Waals surface area contributed by atoms with Gasteiger partial charge in [0.2, 0.25) is 0 Å². The number of hydrogen-bond acceptors (Lipinski definition) is 2. The first-order valence-corrected chi connectivity index (χ1v) is 6.94. The summed E-state index contributed by atoms with van der Waals surface area (Å²) in [5.41, 5.74) is 1.24. The molecule has 0 aliphatic heterocycles. The van der Waals surface area contributed by atoms with Gasteiger partial charge in [0, 0.05) is 22.4 Å². The average molecular weight is 343 g/mol. The van der Waals surface area contributed by atoms with Crippen LogP contribution < -0.4 is 0 Å². The minimum Gasteiger partial charge on any atom is -0.345 e. The van der Waals surface area contributed by atoms with E-state index >= 15 is 0 Å². The maximum Gasteiger partial charge on any atom is 0.142 e. The van der Waals surface area contributed by atoms with Crippen molar-refractivity contribution < 1.29 is 0 Å². The van der Waals surface area contributed by atoms with E-state index in [9.17, 15) is 0 Å². The number of H-pyrrole nitrogens is 1. The van der Waals surface area contributed by atoms with Gasteiger partial charge in [-0.3, -0.25) is 0 Å². The Bertz CT molecular complexity index is 525. The summed E-state index contributed by atoms with van der Waals surface area (Å²) in [5.74, 6) is 1.49. The minimum atomic E-state index is 0.294. The Labute approximate surface area is 116 Å². The van der Waals surface area contributed by atoms with E-state index in [2.05, 4.69) is 65.2 Å². The third-order valence-electron chi connectivity index (χ3n) is 3.40. The molecule has 2 heterocycles. The molecule has 0 spiro atoms. The largest absolute Gasteiger partial charge is 0.345 e. The van der Waals surface area contributed by atoms with Crippen LogP contribution in [0.4, 0.5) is 0 Å². The molecule has 0 radical (unpaired) electrons. The quantitative estimate of drug-likeness (QED) is 0.843. The molecule has 2 aromatic heterocycles. The van der Waals surface area contributed by atoms with Crippen molar-refractivity contribution in [3.63, 3.8) is 0 Å². The highest BCUT2D eigenvalue weighted by Gasteiger charge is 2.21. The lowest BCUT2D eigenvalue weighted by atomic mass is 9.80. The summed E-state index contributed by atoms with van der Waals surface area (Å²) in [4.78, 5) is 12.2. The Kier molecular flexibility index (Phi) is 3.43. The molecule has 0 fully saturated rings. The monoisotopic (exact) mass is 343 g/mol. The van der Waals surface area contributed by atoms with Crippen molar-refractivity contribution >= 4 is 33.6 Å². The van der Waals surface area contributed by atoms with Crippen molar-refractivity contribution in [3.05, 3.63) is 21.8 Å². The molecule has 1 N–H and O–H groups in total. The molecule has 1 unspecified atom stereocenters. The smallest absolute Gasteiger partial charge is 0.142 e. The summed E-state index contributed by atoms with van der Waals surface area (Å²) in [6.07, 6.45) is 4.82. The van der Waals surface area contributed by atoms with Crippen LogP contribution in [0.1, 0.15) is 33.5 Å². The van der Waals surface area contributed by atoms with Gasteiger partial charge in [0.1, 0.15) is 11.5 Å². The van der Waals surface area contributed by atoms with Gasteiger partial charge in [-0.2, -0.15) is 0 Å². The number of halogens is 1. The van der Waals surface area contributed by atoms with E-state index in [1.54, 1.807) is 0 Å². The predicted molar refractivity (Wildman–Crippen MR) is 78.9 cm³/mol. The number of nitrogens with zero attached hydrogens (tertiary/aromatic N) is 2. The second kappa shape index (κ2) is 4.55. The van der Waals surface area contributed by atoms with E-state index in [1.807, 2.05) is 12.4 Å². The van der Waals surface area contributed by atoms with Gasteiger partial charge in [-0.1, -0.05) is 27.7 Å². The number of nitrogens with one attached hydrogen (secondary N) is 1. The van der Waals surface area contributed by atoms with Crippen molar-refractivity contribution in [1.29, 1.82) is 0 Å². The SMILES string of the molecule is CC(Cc1ncc2c(I)c[nH]c2n1)C(C)(C)C. The molecule has 0 saturated carbocycles. The Hall–Kier alpha value is -0.650. The zero-order chi connectivity index (χ0) is 12.6. The lowest BCUT2D eigenvalue weighted by Gasteiger charge is -2.26. The highest BCUT2D eigenvalue weighted by Crippen LogP contribution is 2.28. The van der Waals surface area contributed by atoms with Crippen LogP contribution in [0.25, 0.3) is 11.0 Å². The van der Waals surface area contributed by atoms with E-state index in [4.69, 9.17) is 0 Å². The molecule has 0 aliphatic carbocycles. The van der Waals surface area contributed by atoms with Crippen LogP contribution in [-0.4, -0.2) is 15.0 Å². The first-order valence-electron chi connectivity index (χ1n) is 5.86. The second-order valence-corrected chi connectivity index (χ2v) is 6.82. The first-order chi connectivity index (χ1) is 7.88. The molecule has 17 heavy (non-hydrogen) atoms. The van der Waals surface area contributed by atoms with Crippen LogP contribution in [0.15, 0.2) is 12.4 Å². The number of hydrogen-bond donors (Lipinski definition) is 1. The summed E-state index contributed by atoms with van der Waals surface area (Å²) >= 11 is 2.29. The maximum absolute atomic E-state index is 4.58. The molecule has 2 aromatic rings.